The van der Waals surface area contributed by atoms with Crippen LogP contribution in [0.3, 0.4) is 0 Å². The number of hydrogen-bond donors (Lipinski definition) is 3. The second-order valence-corrected chi connectivity index (χ2v) is 7.89. The van der Waals surface area contributed by atoms with Crippen LogP contribution >= 0.6 is 11.3 Å². The summed E-state index contributed by atoms with van der Waals surface area (Å²) in [5.74, 6) is 1.47. The van der Waals surface area contributed by atoms with Crippen LogP contribution in [-0.4, -0.2) is 62.6 Å². The summed E-state index contributed by atoms with van der Waals surface area (Å²) in [7, 11) is 1.82. The van der Waals surface area contributed by atoms with Crippen molar-refractivity contribution in [1.82, 2.24) is 20.9 Å². The van der Waals surface area contributed by atoms with Crippen LogP contribution < -0.4 is 16.0 Å². The van der Waals surface area contributed by atoms with Crippen molar-refractivity contribution < 1.29 is 4.79 Å². The average Bonchev–Trinajstić information content (AvgIpc) is 3.19. The molecule has 1 aromatic heterocycles. The first kappa shape index (κ1) is 20.7. The number of carbonyl (C=O) groups is 1. The van der Waals surface area contributed by atoms with Crippen LogP contribution in [0.25, 0.3) is 0 Å². The van der Waals surface area contributed by atoms with E-state index in [0.717, 1.165) is 51.4 Å². The summed E-state index contributed by atoms with van der Waals surface area (Å²) in [5, 5.41) is 12.0. The minimum Gasteiger partial charge on any atom is -0.356 e. The highest BCUT2D eigenvalue weighted by molar-refractivity contribution is 7.10. The second-order valence-electron chi connectivity index (χ2n) is 6.91. The Morgan fingerprint density at radius 1 is 1.38 bits per heavy atom. The van der Waals surface area contributed by atoms with E-state index in [2.05, 4.69) is 57.2 Å². The van der Waals surface area contributed by atoms with Gasteiger partial charge in [0, 0.05) is 50.1 Å². The Morgan fingerprint density at radius 2 is 2.15 bits per heavy atom. The minimum absolute atomic E-state index is 0.137. The molecule has 6 nitrogen and oxygen atoms in total. The number of hydrogen-bond acceptors (Lipinski definition) is 4. The number of piperidine rings is 1. The van der Waals surface area contributed by atoms with Gasteiger partial charge >= 0.3 is 0 Å². The van der Waals surface area contributed by atoms with Gasteiger partial charge in [-0.05, 0) is 30.7 Å². The molecule has 1 atom stereocenters. The van der Waals surface area contributed by atoms with Crippen LogP contribution in [0.2, 0.25) is 0 Å². The molecule has 2 heterocycles. The summed E-state index contributed by atoms with van der Waals surface area (Å²) in [5.41, 5.74) is 0. The normalized spacial score (nSPS) is 17.7. The molecule has 1 aliphatic heterocycles. The molecule has 1 saturated heterocycles. The van der Waals surface area contributed by atoms with Gasteiger partial charge in [0.05, 0.1) is 6.54 Å². The average molecular weight is 380 g/mol. The van der Waals surface area contributed by atoms with Crippen LogP contribution in [0.1, 0.15) is 43.9 Å². The van der Waals surface area contributed by atoms with Gasteiger partial charge in [-0.25, -0.2) is 0 Å². The number of thiophene rings is 1. The van der Waals surface area contributed by atoms with Gasteiger partial charge in [0.2, 0.25) is 5.91 Å². The van der Waals surface area contributed by atoms with Gasteiger partial charge in [-0.1, -0.05) is 19.9 Å². The van der Waals surface area contributed by atoms with E-state index in [1.54, 1.807) is 11.3 Å². The van der Waals surface area contributed by atoms with Crippen LogP contribution in [0.4, 0.5) is 0 Å². The summed E-state index contributed by atoms with van der Waals surface area (Å²) in [6, 6.07) is 4.69. The Bertz CT molecular complexity index is 552. The first-order valence-electron chi connectivity index (χ1n) is 9.62. The number of rotatable bonds is 8. The number of aliphatic imine (C=N–C) groups is 1. The quantitative estimate of drug-likeness (QED) is 0.477. The fraction of sp³-hybridized carbons (Fsp3) is 0.684. The van der Waals surface area contributed by atoms with Crippen molar-refractivity contribution in [2.24, 2.45) is 4.99 Å². The topological polar surface area (TPSA) is 68.8 Å². The first-order chi connectivity index (χ1) is 12.6. The fourth-order valence-electron chi connectivity index (χ4n) is 3.07. The summed E-state index contributed by atoms with van der Waals surface area (Å²) < 4.78 is 0. The predicted molar refractivity (Wildman–Crippen MR) is 110 cm³/mol. The third-order valence-corrected chi connectivity index (χ3v) is 5.80. The van der Waals surface area contributed by atoms with Gasteiger partial charge in [0.15, 0.2) is 5.96 Å². The van der Waals surface area contributed by atoms with E-state index in [1.807, 2.05) is 7.05 Å². The maximum absolute atomic E-state index is 11.8. The molecule has 26 heavy (non-hydrogen) atoms. The lowest BCUT2D eigenvalue weighted by Gasteiger charge is -2.32. The fourth-order valence-corrected chi connectivity index (χ4v) is 3.86. The highest BCUT2D eigenvalue weighted by Crippen LogP contribution is 2.19. The molecule has 1 amide bonds. The number of likely N-dealkylation sites (tertiary alicyclic amines) is 1. The number of guanidine groups is 1. The summed E-state index contributed by atoms with van der Waals surface area (Å²) in [6.45, 7) is 8.34. The largest absolute Gasteiger partial charge is 0.356 e. The van der Waals surface area contributed by atoms with E-state index >= 15 is 0 Å². The van der Waals surface area contributed by atoms with Gasteiger partial charge < -0.3 is 16.0 Å². The molecule has 0 aliphatic carbocycles. The molecule has 2 rings (SSSR count). The van der Waals surface area contributed by atoms with E-state index < -0.39 is 0 Å². The number of nitrogens with one attached hydrogen (secondary N) is 3. The number of amides is 1. The highest BCUT2D eigenvalue weighted by Gasteiger charge is 2.21. The second kappa shape index (κ2) is 11.2. The molecule has 1 fully saturated rings. The van der Waals surface area contributed by atoms with Crippen LogP contribution in [0.5, 0.6) is 0 Å². The molecular formula is C19H33N5OS. The van der Waals surface area contributed by atoms with E-state index in [-0.39, 0.29) is 5.91 Å². The van der Waals surface area contributed by atoms with Gasteiger partial charge in [0.1, 0.15) is 0 Å². The van der Waals surface area contributed by atoms with Gasteiger partial charge in [-0.2, -0.15) is 0 Å². The predicted octanol–water partition coefficient (Wildman–Crippen LogP) is 2.01. The lowest BCUT2D eigenvalue weighted by molar-refractivity contribution is -0.122. The Balaban J connectivity index is 1.67. The third-order valence-electron chi connectivity index (χ3n) is 4.70. The molecule has 0 aromatic carbocycles. The molecule has 3 N–H and O–H groups in total. The van der Waals surface area contributed by atoms with Crippen molar-refractivity contribution in [3.63, 3.8) is 0 Å². The Morgan fingerprint density at radius 3 is 2.77 bits per heavy atom. The molecule has 0 spiro atoms. The van der Waals surface area contributed by atoms with Crippen molar-refractivity contribution in [3.05, 3.63) is 22.4 Å². The standard InChI is InChI=1S/C19H33N5OS/c1-4-9-21-18(25)14-24-10-7-16(8-11-24)23-19(20-3)22-13-15(2)17-6-5-12-26-17/h5-6,12,15-16H,4,7-11,13-14H2,1-3H3,(H,21,25)(H2,20,22,23). The zero-order valence-corrected chi connectivity index (χ0v) is 17.1. The van der Waals surface area contributed by atoms with Crippen molar-refractivity contribution >= 4 is 23.2 Å². The van der Waals surface area contributed by atoms with Gasteiger partial charge in [-0.3, -0.25) is 14.7 Å². The monoisotopic (exact) mass is 379 g/mol. The van der Waals surface area contributed by atoms with E-state index in [0.29, 0.717) is 18.5 Å². The number of carbonyl (C=O) groups excluding carboxylic acids is 1. The SMILES string of the molecule is CCCNC(=O)CN1CCC(NC(=NC)NCC(C)c2cccs2)CC1. The molecule has 1 aliphatic rings. The Hall–Kier alpha value is -1.60. The van der Waals surface area contributed by atoms with Crippen molar-refractivity contribution in [2.75, 3.05) is 39.8 Å². The molecule has 7 heteroatoms. The maximum Gasteiger partial charge on any atom is 0.234 e. The summed E-state index contributed by atoms with van der Waals surface area (Å²) in [4.78, 5) is 19.8. The minimum atomic E-state index is 0.137. The Kier molecular flexibility index (Phi) is 8.91. The number of nitrogens with zero attached hydrogens (tertiary/aromatic N) is 2. The third kappa shape index (κ3) is 6.96. The lowest BCUT2D eigenvalue weighted by Crippen LogP contribution is -2.50. The zero-order valence-electron chi connectivity index (χ0n) is 16.3. The van der Waals surface area contributed by atoms with Gasteiger partial charge in [-0.15, -0.1) is 11.3 Å². The smallest absolute Gasteiger partial charge is 0.234 e. The highest BCUT2D eigenvalue weighted by atomic mass is 32.1. The van der Waals surface area contributed by atoms with Gasteiger partial charge in [0.25, 0.3) is 0 Å². The van der Waals surface area contributed by atoms with Crippen molar-refractivity contribution in [3.8, 4) is 0 Å². The summed E-state index contributed by atoms with van der Waals surface area (Å²) in [6.07, 6.45) is 3.04. The molecule has 0 radical (unpaired) electrons. The first-order valence-corrected chi connectivity index (χ1v) is 10.5. The van der Waals surface area contributed by atoms with Crippen LogP contribution in [0, 0.1) is 0 Å². The van der Waals surface area contributed by atoms with E-state index in [1.165, 1.54) is 4.88 Å². The Labute approximate surface area is 161 Å². The van der Waals surface area contributed by atoms with Crippen molar-refractivity contribution in [1.29, 1.82) is 0 Å². The molecule has 1 aromatic rings. The van der Waals surface area contributed by atoms with E-state index in [9.17, 15) is 4.79 Å². The van der Waals surface area contributed by atoms with E-state index in [4.69, 9.17) is 0 Å². The van der Waals surface area contributed by atoms with Crippen molar-refractivity contribution in [2.45, 2.75) is 45.1 Å². The molecule has 1 unspecified atom stereocenters. The van der Waals surface area contributed by atoms with Crippen LogP contribution in [-0.2, 0) is 4.79 Å². The lowest BCUT2D eigenvalue weighted by atomic mass is 10.1. The summed E-state index contributed by atoms with van der Waals surface area (Å²) >= 11 is 1.80. The molecule has 0 saturated carbocycles. The molecule has 0 bridgehead atoms. The van der Waals surface area contributed by atoms with Crippen LogP contribution in [0.15, 0.2) is 22.5 Å². The maximum atomic E-state index is 11.8. The molecule has 146 valence electrons. The molecular weight excluding hydrogens is 346 g/mol. The zero-order chi connectivity index (χ0) is 18.8.